The van der Waals surface area contributed by atoms with Gasteiger partial charge < -0.3 is 10.0 Å². The van der Waals surface area contributed by atoms with Gasteiger partial charge in [0.1, 0.15) is 0 Å². The highest BCUT2D eigenvalue weighted by Crippen LogP contribution is 2.53. The number of benzene rings is 1. The van der Waals surface area contributed by atoms with Crippen LogP contribution in [0, 0.1) is 0 Å². The van der Waals surface area contributed by atoms with E-state index in [1.54, 1.807) is 30.1 Å². The van der Waals surface area contributed by atoms with Gasteiger partial charge in [0.05, 0.1) is 11.0 Å². The molecule has 88 valence electrons. The number of carboxylic acids is 1. The highest BCUT2D eigenvalue weighted by atomic mass is 16.4. The molecule has 1 aliphatic carbocycles. The minimum Gasteiger partial charge on any atom is -0.478 e. The summed E-state index contributed by atoms with van der Waals surface area (Å²) < 4.78 is 0. The summed E-state index contributed by atoms with van der Waals surface area (Å²) >= 11 is 0. The first-order chi connectivity index (χ1) is 8.06. The largest absolute Gasteiger partial charge is 0.478 e. The molecule has 0 radical (unpaired) electrons. The van der Waals surface area contributed by atoms with Crippen molar-refractivity contribution in [1.82, 2.24) is 0 Å². The van der Waals surface area contributed by atoms with Crippen molar-refractivity contribution in [1.29, 1.82) is 0 Å². The van der Waals surface area contributed by atoms with Crippen molar-refractivity contribution >= 4 is 17.6 Å². The Morgan fingerprint density at radius 1 is 1.41 bits per heavy atom. The summed E-state index contributed by atoms with van der Waals surface area (Å²) in [5, 5.41) is 9.01. The smallest absolute Gasteiger partial charge is 0.335 e. The molecular formula is C13H13NO3. The first-order valence-corrected chi connectivity index (χ1v) is 5.72. The summed E-state index contributed by atoms with van der Waals surface area (Å²) in [4.78, 5) is 24.9. The van der Waals surface area contributed by atoms with Crippen LogP contribution in [0.25, 0.3) is 0 Å². The van der Waals surface area contributed by atoms with Crippen LogP contribution in [0.15, 0.2) is 18.2 Å². The first kappa shape index (κ1) is 10.3. The number of rotatable bonds is 1. The van der Waals surface area contributed by atoms with E-state index < -0.39 is 11.4 Å². The standard InChI is InChI=1S/C13H13NO3/c1-14-10-4-3-8(11(15)16)7-9(10)13(12(14)17)5-2-6-13/h3-4,7H,2,5-6H2,1H3,(H,15,16). The summed E-state index contributed by atoms with van der Waals surface area (Å²) in [6.45, 7) is 0. The molecule has 17 heavy (non-hydrogen) atoms. The van der Waals surface area contributed by atoms with Gasteiger partial charge in [-0.1, -0.05) is 6.42 Å². The first-order valence-electron chi connectivity index (χ1n) is 5.72. The Hall–Kier alpha value is -1.84. The van der Waals surface area contributed by atoms with Crippen LogP contribution in [-0.4, -0.2) is 24.0 Å². The monoisotopic (exact) mass is 231 g/mol. The number of aromatic carboxylic acids is 1. The molecule has 0 aromatic heterocycles. The third kappa shape index (κ3) is 1.12. The van der Waals surface area contributed by atoms with E-state index in [-0.39, 0.29) is 11.5 Å². The molecule has 3 rings (SSSR count). The fraction of sp³-hybridized carbons (Fsp3) is 0.385. The van der Waals surface area contributed by atoms with Gasteiger partial charge in [-0.25, -0.2) is 4.79 Å². The summed E-state index contributed by atoms with van der Waals surface area (Å²) in [7, 11) is 1.76. The second-order valence-electron chi connectivity index (χ2n) is 4.84. The number of amides is 1. The molecule has 1 aliphatic heterocycles. The summed E-state index contributed by atoms with van der Waals surface area (Å²) in [5.74, 6) is -0.828. The van der Waals surface area contributed by atoms with Crippen LogP contribution in [0.2, 0.25) is 0 Å². The maximum atomic E-state index is 12.2. The lowest BCUT2D eigenvalue weighted by atomic mass is 9.65. The molecule has 0 atom stereocenters. The molecule has 1 aromatic carbocycles. The number of carboxylic acid groups (broad SMARTS) is 1. The normalized spacial score (nSPS) is 20.3. The third-order valence-electron chi connectivity index (χ3n) is 4.04. The molecule has 1 spiro atoms. The van der Waals surface area contributed by atoms with Gasteiger partial charge in [0.25, 0.3) is 0 Å². The number of likely N-dealkylation sites (N-methyl/N-ethyl adjacent to an activating group) is 1. The molecule has 1 saturated carbocycles. The fourth-order valence-electron chi connectivity index (χ4n) is 2.90. The zero-order chi connectivity index (χ0) is 12.2. The molecule has 1 amide bonds. The molecule has 0 unspecified atom stereocenters. The van der Waals surface area contributed by atoms with E-state index in [2.05, 4.69) is 0 Å². The van der Waals surface area contributed by atoms with Crippen molar-refractivity contribution in [2.24, 2.45) is 0 Å². The van der Waals surface area contributed by atoms with E-state index in [0.717, 1.165) is 30.5 Å². The number of carbonyl (C=O) groups is 2. The van der Waals surface area contributed by atoms with Crippen molar-refractivity contribution in [3.05, 3.63) is 29.3 Å². The molecule has 4 nitrogen and oxygen atoms in total. The Morgan fingerprint density at radius 3 is 2.65 bits per heavy atom. The second-order valence-corrected chi connectivity index (χ2v) is 4.84. The summed E-state index contributed by atoms with van der Waals surface area (Å²) in [6.07, 6.45) is 2.72. The van der Waals surface area contributed by atoms with Gasteiger partial charge in [-0.05, 0) is 36.6 Å². The minimum atomic E-state index is -0.940. The quantitative estimate of drug-likeness (QED) is 0.801. The minimum absolute atomic E-state index is 0.112. The Balaban J connectivity index is 2.19. The SMILES string of the molecule is CN1C(=O)C2(CCC2)c2cc(C(=O)O)ccc21. The zero-order valence-electron chi connectivity index (χ0n) is 9.56. The molecule has 4 heteroatoms. The lowest BCUT2D eigenvalue weighted by molar-refractivity contribution is -0.125. The lowest BCUT2D eigenvalue weighted by Crippen LogP contribution is -2.43. The Labute approximate surface area is 98.9 Å². The van der Waals surface area contributed by atoms with E-state index in [1.807, 2.05) is 0 Å². The highest BCUT2D eigenvalue weighted by Gasteiger charge is 2.53. The summed E-state index contributed by atoms with van der Waals surface area (Å²) in [6, 6.07) is 4.96. The van der Waals surface area contributed by atoms with Gasteiger partial charge >= 0.3 is 5.97 Å². The molecule has 1 heterocycles. The topological polar surface area (TPSA) is 57.6 Å². The molecule has 2 aliphatic rings. The van der Waals surface area contributed by atoms with Crippen LogP contribution in [0.1, 0.15) is 35.2 Å². The molecule has 1 aromatic rings. The van der Waals surface area contributed by atoms with Crippen molar-refractivity contribution in [2.75, 3.05) is 11.9 Å². The molecule has 0 saturated heterocycles. The van der Waals surface area contributed by atoms with Gasteiger partial charge in [0.2, 0.25) is 5.91 Å². The zero-order valence-corrected chi connectivity index (χ0v) is 9.56. The Morgan fingerprint density at radius 2 is 2.12 bits per heavy atom. The highest BCUT2D eigenvalue weighted by molar-refractivity contribution is 6.09. The van der Waals surface area contributed by atoms with Crippen molar-refractivity contribution in [3.63, 3.8) is 0 Å². The molecule has 1 fully saturated rings. The van der Waals surface area contributed by atoms with E-state index >= 15 is 0 Å². The molecular weight excluding hydrogens is 218 g/mol. The average molecular weight is 231 g/mol. The lowest BCUT2D eigenvalue weighted by Gasteiger charge is -2.36. The van der Waals surface area contributed by atoms with Crippen LogP contribution in [0.3, 0.4) is 0 Å². The van der Waals surface area contributed by atoms with E-state index in [9.17, 15) is 9.59 Å². The van der Waals surface area contributed by atoms with Crippen molar-refractivity contribution in [3.8, 4) is 0 Å². The number of hydrogen-bond donors (Lipinski definition) is 1. The van der Waals surface area contributed by atoms with Crippen molar-refractivity contribution < 1.29 is 14.7 Å². The van der Waals surface area contributed by atoms with Crippen molar-refractivity contribution in [2.45, 2.75) is 24.7 Å². The van der Waals surface area contributed by atoms with Crippen LogP contribution in [0.5, 0.6) is 0 Å². The van der Waals surface area contributed by atoms with E-state index in [4.69, 9.17) is 5.11 Å². The Kier molecular flexibility index (Phi) is 1.88. The number of nitrogens with zero attached hydrogens (tertiary/aromatic N) is 1. The number of carbonyl (C=O) groups excluding carboxylic acids is 1. The number of anilines is 1. The number of hydrogen-bond acceptors (Lipinski definition) is 2. The predicted molar refractivity (Wildman–Crippen MR) is 62.3 cm³/mol. The van der Waals surface area contributed by atoms with E-state index in [0.29, 0.717) is 0 Å². The van der Waals surface area contributed by atoms with Gasteiger partial charge in [-0.2, -0.15) is 0 Å². The summed E-state index contributed by atoms with van der Waals surface area (Å²) in [5.41, 5.74) is 1.60. The maximum absolute atomic E-state index is 12.2. The number of fused-ring (bicyclic) bond motifs is 2. The maximum Gasteiger partial charge on any atom is 0.335 e. The van der Waals surface area contributed by atoms with Gasteiger partial charge in [0, 0.05) is 12.7 Å². The van der Waals surface area contributed by atoms with E-state index in [1.165, 1.54) is 0 Å². The third-order valence-corrected chi connectivity index (χ3v) is 4.04. The van der Waals surface area contributed by atoms with Gasteiger partial charge in [-0.3, -0.25) is 4.79 Å². The van der Waals surface area contributed by atoms with Crippen LogP contribution < -0.4 is 4.90 Å². The van der Waals surface area contributed by atoms with Gasteiger partial charge in [-0.15, -0.1) is 0 Å². The fourth-order valence-corrected chi connectivity index (χ4v) is 2.90. The predicted octanol–water partition coefficient (Wildman–Crippen LogP) is 1.78. The second kappa shape index (κ2) is 3.09. The molecule has 0 bridgehead atoms. The van der Waals surface area contributed by atoms with Crippen LogP contribution in [-0.2, 0) is 10.2 Å². The van der Waals surface area contributed by atoms with Crippen LogP contribution in [0.4, 0.5) is 5.69 Å². The Bertz CT molecular complexity index is 531. The van der Waals surface area contributed by atoms with Gasteiger partial charge in [0.15, 0.2) is 0 Å². The van der Waals surface area contributed by atoms with Crippen LogP contribution >= 0.6 is 0 Å². The molecule has 1 N–H and O–H groups in total. The average Bonchev–Trinajstić information content (AvgIpc) is 2.47.